The van der Waals surface area contributed by atoms with Gasteiger partial charge in [-0.2, -0.15) is 5.26 Å². The van der Waals surface area contributed by atoms with Gasteiger partial charge in [-0.25, -0.2) is 4.79 Å². The van der Waals surface area contributed by atoms with E-state index in [0.29, 0.717) is 5.56 Å². The number of aliphatic hydroxyl groups is 1. The maximum atomic E-state index is 10.7. The van der Waals surface area contributed by atoms with Crippen molar-refractivity contribution in [2.45, 2.75) is 18.9 Å². The number of aliphatic carboxylic acids is 2. The van der Waals surface area contributed by atoms with Crippen LogP contribution in [0.5, 0.6) is 0 Å². The van der Waals surface area contributed by atoms with Gasteiger partial charge in [-0.15, -0.1) is 0 Å². The van der Waals surface area contributed by atoms with Gasteiger partial charge in [0, 0.05) is 12.0 Å². The lowest BCUT2D eigenvalue weighted by Gasteiger charge is -2.11. The molecule has 18 heavy (non-hydrogen) atoms. The minimum Gasteiger partial charge on any atom is -0.481 e. The van der Waals surface area contributed by atoms with Gasteiger partial charge in [0.1, 0.15) is 0 Å². The SMILES string of the molecule is N#Cc1c(CCC(=O)O)cccc1C(O)C(=O)O. The van der Waals surface area contributed by atoms with E-state index in [9.17, 15) is 14.7 Å². The summed E-state index contributed by atoms with van der Waals surface area (Å²) in [6.07, 6.45) is -1.84. The Morgan fingerprint density at radius 3 is 2.50 bits per heavy atom. The molecular formula is C12H11NO5. The number of carboxylic acids is 2. The molecule has 1 aromatic rings. The first kappa shape index (κ1) is 13.7. The second kappa shape index (κ2) is 5.80. The summed E-state index contributed by atoms with van der Waals surface area (Å²) in [7, 11) is 0. The molecule has 0 bridgehead atoms. The molecular weight excluding hydrogens is 238 g/mol. The molecule has 0 radical (unpaired) electrons. The van der Waals surface area contributed by atoms with Crippen molar-refractivity contribution < 1.29 is 24.9 Å². The maximum Gasteiger partial charge on any atom is 0.337 e. The highest BCUT2D eigenvalue weighted by atomic mass is 16.4. The van der Waals surface area contributed by atoms with Gasteiger partial charge < -0.3 is 15.3 Å². The van der Waals surface area contributed by atoms with E-state index in [1.165, 1.54) is 12.1 Å². The molecule has 1 atom stereocenters. The van der Waals surface area contributed by atoms with Crippen LogP contribution in [0.1, 0.15) is 29.2 Å². The number of rotatable bonds is 5. The van der Waals surface area contributed by atoms with E-state index >= 15 is 0 Å². The number of aryl methyl sites for hydroxylation is 1. The molecule has 0 saturated heterocycles. The predicted molar refractivity (Wildman–Crippen MR) is 59.7 cm³/mol. The molecule has 0 amide bonds. The van der Waals surface area contributed by atoms with Gasteiger partial charge in [-0.3, -0.25) is 4.79 Å². The highest BCUT2D eigenvalue weighted by molar-refractivity contribution is 5.75. The van der Waals surface area contributed by atoms with Gasteiger partial charge in [-0.05, 0) is 12.0 Å². The fourth-order valence-corrected chi connectivity index (χ4v) is 1.57. The number of nitrogens with zero attached hydrogens (tertiary/aromatic N) is 1. The van der Waals surface area contributed by atoms with Crippen molar-refractivity contribution >= 4 is 11.9 Å². The maximum absolute atomic E-state index is 10.7. The van der Waals surface area contributed by atoms with Gasteiger partial charge in [0.15, 0.2) is 6.10 Å². The van der Waals surface area contributed by atoms with Crippen molar-refractivity contribution in [3.8, 4) is 6.07 Å². The molecule has 0 aliphatic rings. The quantitative estimate of drug-likeness (QED) is 0.706. The summed E-state index contributed by atoms with van der Waals surface area (Å²) in [5.74, 6) is -2.47. The molecule has 0 aliphatic heterocycles. The van der Waals surface area contributed by atoms with E-state index in [4.69, 9.17) is 15.5 Å². The monoisotopic (exact) mass is 249 g/mol. The fraction of sp³-hybridized carbons (Fsp3) is 0.250. The molecule has 0 aromatic heterocycles. The van der Waals surface area contributed by atoms with Crippen molar-refractivity contribution in [3.05, 3.63) is 34.9 Å². The Labute approximate surface area is 103 Å². The number of hydrogen-bond donors (Lipinski definition) is 3. The smallest absolute Gasteiger partial charge is 0.337 e. The predicted octanol–water partition coefficient (Wildman–Crippen LogP) is 0.693. The Morgan fingerprint density at radius 2 is 2.00 bits per heavy atom. The van der Waals surface area contributed by atoms with Gasteiger partial charge >= 0.3 is 11.9 Å². The molecule has 0 spiro atoms. The van der Waals surface area contributed by atoms with Crippen LogP contribution in [0.25, 0.3) is 0 Å². The molecule has 0 fully saturated rings. The minimum absolute atomic E-state index is 0.0205. The normalized spacial score (nSPS) is 11.6. The molecule has 0 saturated carbocycles. The third kappa shape index (κ3) is 3.06. The van der Waals surface area contributed by atoms with E-state index in [0.717, 1.165) is 0 Å². The Morgan fingerprint density at radius 1 is 1.33 bits per heavy atom. The summed E-state index contributed by atoms with van der Waals surface area (Å²) in [5, 5.41) is 35.7. The number of carboxylic acid groups (broad SMARTS) is 2. The third-order valence-corrected chi connectivity index (χ3v) is 2.43. The van der Waals surface area contributed by atoms with Crippen LogP contribution in [0.3, 0.4) is 0 Å². The van der Waals surface area contributed by atoms with Crippen LogP contribution in [0.2, 0.25) is 0 Å². The molecule has 1 aromatic carbocycles. The molecule has 94 valence electrons. The zero-order valence-corrected chi connectivity index (χ0v) is 9.33. The average Bonchev–Trinajstić information content (AvgIpc) is 2.34. The van der Waals surface area contributed by atoms with Crippen molar-refractivity contribution in [1.82, 2.24) is 0 Å². The lowest BCUT2D eigenvalue weighted by Crippen LogP contribution is -2.13. The van der Waals surface area contributed by atoms with Crippen LogP contribution >= 0.6 is 0 Å². The first-order valence-corrected chi connectivity index (χ1v) is 5.12. The van der Waals surface area contributed by atoms with Crippen LogP contribution < -0.4 is 0 Å². The highest BCUT2D eigenvalue weighted by Crippen LogP contribution is 2.22. The van der Waals surface area contributed by atoms with E-state index in [2.05, 4.69) is 0 Å². The summed E-state index contributed by atoms with van der Waals surface area (Å²) in [6, 6.07) is 6.17. The number of nitriles is 1. The zero-order chi connectivity index (χ0) is 13.7. The molecule has 6 heteroatoms. The third-order valence-electron chi connectivity index (χ3n) is 2.43. The number of benzene rings is 1. The van der Waals surface area contributed by atoms with Gasteiger partial charge in [0.2, 0.25) is 0 Å². The summed E-state index contributed by atoms with van der Waals surface area (Å²) in [6.45, 7) is 0. The number of carbonyl (C=O) groups is 2. The largest absolute Gasteiger partial charge is 0.481 e. The Bertz CT molecular complexity index is 518. The number of hydrogen-bond acceptors (Lipinski definition) is 4. The highest BCUT2D eigenvalue weighted by Gasteiger charge is 2.21. The van der Waals surface area contributed by atoms with Crippen LogP contribution in [0, 0.1) is 11.3 Å². The molecule has 0 heterocycles. The first-order valence-electron chi connectivity index (χ1n) is 5.12. The van der Waals surface area contributed by atoms with E-state index in [-0.39, 0.29) is 24.0 Å². The van der Waals surface area contributed by atoms with Gasteiger partial charge in [0.25, 0.3) is 0 Å². The zero-order valence-electron chi connectivity index (χ0n) is 9.33. The van der Waals surface area contributed by atoms with E-state index in [1.54, 1.807) is 6.07 Å². The molecule has 1 rings (SSSR count). The van der Waals surface area contributed by atoms with Crippen LogP contribution in [-0.2, 0) is 16.0 Å². The second-order valence-electron chi connectivity index (χ2n) is 3.63. The molecule has 3 N–H and O–H groups in total. The van der Waals surface area contributed by atoms with E-state index < -0.39 is 18.0 Å². The summed E-state index contributed by atoms with van der Waals surface area (Å²) < 4.78 is 0. The van der Waals surface area contributed by atoms with Crippen molar-refractivity contribution in [1.29, 1.82) is 5.26 Å². The topological polar surface area (TPSA) is 119 Å². The first-order chi connectivity index (χ1) is 8.47. The molecule has 6 nitrogen and oxygen atoms in total. The van der Waals surface area contributed by atoms with Crippen molar-refractivity contribution in [2.24, 2.45) is 0 Å². The Hall–Kier alpha value is -2.39. The molecule has 0 aliphatic carbocycles. The second-order valence-corrected chi connectivity index (χ2v) is 3.63. The average molecular weight is 249 g/mol. The van der Waals surface area contributed by atoms with Gasteiger partial charge in [0.05, 0.1) is 11.6 Å². The Kier molecular flexibility index (Phi) is 4.40. The van der Waals surface area contributed by atoms with E-state index in [1.807, 2.05) is 6.07 Å². The van der Waals surface area contributed by atoms with Crippen LogP contribution in [0.15, 0.2) is 18.2 Å². The van der Waals surface area contributed by atoms with Crippen molar-refractivity contribution in [3.63, 3.8) is 0 Å². The summed E-state index contributed by atoms with van der Waals surface area (Å²) >= 11 is 0. The standard InChI is InChI=1S/C12H11NO5/c13-6-9-7(4-5-10(14)15)2-1-3-8(9)11(16)12(17)18/h1-3,11,16H,4-5H2,(H,14,15)(H,17,18). The lowest BCUT2D eigenvalue weighted by atomic mass is 9.95. The molecule has 1 unspecified atom stereocenters. The number of aliphatic hydroxyl groups excluding tert-OH is 1. The van der Waals surface area contributed by atoms with Crippen molar-refractivity contribution in [2.75, 3.05) is 0 Å². The van der Waals surface area contributed by atoms with Gasteiger partial charge in [-0.1, -0.05) is 18.2 Å². The van der Waals surface area contributed by atoms with Crippen LogP contribution in [0.4, 0.5) is 0 Å². The van der Waals surface area contributed by atoms with Crippen LogP contribution in [-0.4, -0.2) is 27.3 Å². The summed E-state index contributed by atoms with van der Waals surface area (Å²) in [5.41, 5.74) is 0.416. The lowest BCUT2D eigenvalue weighted by molar-refractivity contribution is -0.147. The summed E-state index contributed by atoms with van der Waals surface area (Å²) in [4.78, 5) is 21.2. The minimum atomic E-state index is -1.79. The Balaban J connectivity index is 3.14. The fourth-order valence-electron chi connectivity index (χ4n) is 1.57.